The largest absolute Gasteiger partial charge is 0.369 e. The van der Waals surface area contributed by atoms with Crippen molar-refractivity contribution in [1.29, 1.82) is 0 Å². The third-order valence-corrected chi connectivity index (χ3v) is 1.87. The molecule has 72 valence electrons. The molecule has 0 aromatic rings. The van der Waals surface area contributed by atoms with E-state index in [9.17, 15) is 4.79 Å². The van der Waals surface area contributed by atoms with Gasteiger partial charge in [-0.05, 0) is 13.3 Å². The number of rotatable bonds is 7. The van der Waals surface area contributed by atoms with Crippen LogP contribution >= 0.6 is 0 Å². The van der Waals surface area contributed by atoms with Gasteiger partial charge in [0, 0.05) is 6.04 Å². The zero-order valence-corrected chi connectivity index (χ0v) is 8.10. The van der Waals surface area contributed by atoms with E-state index in [1.54, 1.807) is 0 Å². The molecule has 0 fully saturated rings. The van der Waals surface area contributed by atoms with Gasteiger partial charge in [0.1, 0.15) is 0 Å². The van der Waals surface area contributed by atoms with Crippen molar-refractivity contribution in [2.75, 3.05) is 6.54 Å². The molecule has 0 heterocycles. The number of hydrogen-bond donors (Lipinski definition) is 2. The number of unbranched alkanes of at least 4 members (excludes halogenated alkanes) is 2. The molecular weight excluding hydrogens is 152 g/mol. The van der Waals surface area contributed by atoms with E-state index in [2.05, 4.69) is 19.2 Å². The number of hydrogen-bond acceptors (Lipinski definition) is 2. The fourth-order valence-electron chi connectivity index (χ4n) is 1.08. The molecule has 0 aliphatic rings. The van der Waals surface area contributed by atoms with Crippen LogP contribution in [0.15, 0.2) is 0 Å². The van der Waals surface area contributed by atoms with Gasteiger partial charge in [0.25, 0.3) is 0 Å². The average molecular weight is 172 g/mol. The van der Waals surface area contributed by atoms with Gasteiger partial charge in [-0.1, -0.05) is 26.2 Å². The van der Waals surface area contributed by atoms with Crippen LogP contribution in [0.4, 0.5) is 0 Å². The summed E-state index contributed by atoms with van der Waals surface area (Å²) in [5.41, 5.74) is 4.99. The Morgan fingerprint density at radius 3 is 2.67 bits per heavy atom. The number of nitrogens with one attached hydrogen (secondary N) is 1. The minimum atomic E-state index is -0.280. The van der Waals surface area contributed by atoms with E-state index < -0.39 is 0 Å². The Morgan fingerprint density at radius 2 is 2.17 bits per heavy atom. The second kappa shape index (κ2) is 7.10. The summed E-state index contributed by atoms with van der Waals surface area (Å²) in [6.07, 6.45) is 4.86. The maximum atomic E-state index is 10.4. The first kappa shape index (κ1) is 11.4. The highest BCUT2D eigenvalue weighted by Gasteiger charge is 2.01. The van der Waals surface area contributed by atoms with Crippen LogP contribution in [0.1, 0.15) is 39.5 Å². The molecule has 3 nitrogen and oxygen atoms in total. The van der Waals surface area contributed by atoms with Crippen LogP contribution in [0, 0.1) is 0 Å². The van der Waals surface area contributed by atoms with E-state index in [0.717, 1.165) is 6.42 Å². The fourth-order valence-corrected chi connectivity index (χ4v) is 1.08. The molecule has 0 rings (SSSR count). The molecule has 12 heavy (non-hydrogen) atoms. The summed E-state index contributed by atoms with van der Waals surface area (Å²) in [5.74, 6) is -0.280. The SMILES string of the molecule is CCCCCC(C)NCC(N)=O. The molecule has 0 spiro atoms. The average Bonchev–Trinajstić information content (AvgIpc) is 2.01. The molecule has 0 aromatic heterocycles. The quantitative estimate of drug-likeness (QED) is 0.563. The number of carbonyl (C=O) groups excluding carboxylic acids is 1. The molecule has 0 radical (unpaired) electrons. The van der Waals surface area contributed by atoms with Gasteiger partial charge in [0.2, 0.25) is 5.91 Å². The minimum Gasteiger partial charge on any atom is -0.369 e. The molecule has 1 amide bonds. The summed E-state index contributed by atoms with van der Waals surface area (Å²) in [5, 5.41) is 3.07. The third kappa shape index (κ3) is 7.54. The topological polar surface area (TPSA) is 55.1 Å². The first-order valence-electron chi connectivity index (χ1n) is 4.68. The van der Waals surface area contributed by atoms with Crippen molar-refractivity contribution in [3.8, 4) is 0 Å². The van der Waals surface area contributed by atoms with E-state index in [1.807, 2.05) is 0 Å². The van der Waals surface area contributed by atoms with Gasteiger partial charge < -0.3 is 11.1 Å². The summed E-state index contributed by atoms with van der Waals surface area (Å²) in [6.45, 7) is 4.56. The van der Waals surface area contributed by atoms with Gasteiger partial charge in [-0.15, -0.1) is 0 Å². The lowest BCUT2D eigenvalue weighted by molar-refractivity contribution is -0.117. The van der Waals surface area contributed by atoms with Crippen LogP contribution < -0.4 is 11.1 Å². The normalized spacial score (nSPS) is 12.8. The molecule has 0 saturated carbocycles. The third-order valence-electron chi connectivity index (χ3n) is 1.87. The Labute approximate surface area is 74.7 Å². The van der Waals surface area contributed by atoms with Crippen LogP contribution in [0.2, 0.25) is 0 Å². The van der Waals surface area contributed by atoms with Gasteiger partial charge >= 0.3 is 0 Å². The molecule has 0 aliphatic carbocycles. The first-order chi connectivity index (χ1) is 5.66. The summed E-state index contributed by atoms with van der Waals surface area (Å²) in [6, 6.07) is 0.407. The highest BCUT2D eigenvalue weighted by atomic mass is 16.1. The second-order valence-electron chi connectivity index (χ2n) is 3.24. The van der Waals surface area contributed by atoms with Crippen LogP contribution in [-0.4, -0.2) is 18.5 Å². The Kier molecular flexibility index (Phi) is 6.76. The van der Waals surface area contributed by atoms with Crippen molar-refractivity contribution in [2.45, 2.75) is 45.6 Å². The summed E-state index contributed by atoms with van der Waals surface area (Å²) >= 11 is 0. The first-order valence-corrected chi connectivity index (χ1v) is 4.68. The lowest BCUT2D eigenvalue weighted by Gasteiger charge is -2.11. The standard InChI is InChI=1S/C9H20N2O/c1-3-4-5-6-8(2)11-7-9(10)12/h8,11H,3-7H2,1-2H3,(H2,10,12). The molecule has 0 bridgehead atoms. The number of primary amides is 1. The lowest BCUT2D eigenvalue weighted by Crippen LogP contribution is -2.34. The van der Waals surface area contributed by atoms with E-state index in [0.29, 0.717) is 12.6 Å². The van der Waals surface area contributed by atoms with Crippen molar-refractivity contribution in [3.63, 3.8) is 0 Å². The molecule has 0 aliphatic heterocycles. The lowest BCUT2D eigenvalue weighted by atomic mass is 10.1. The molecule has 3 heteroatoms. The van der Waals surface area contributed by atoms with Crippen molar-refractivity contribution < 1.29 is 4.79 Å². The van der Waals surface area contributed by atoms with Crippen molar-refractivity contribution >= 4 is 5.91 Å². The highest BCUT2D eigenvalue weighted by molar-refractivity contribution is 5.75. The Balaban J connectivity index is 3.21. The van der Waals surface area contributed by atoms with Gasteiger partial charge in [0.05, 0.1) is 6.54 Å². The smallest absolute Gasteiger partial charge is 0.231 e. The van der Waals surface area contributed by atoms with Crippen molar-refractivity contribution in [2.24, 2.45) is 5.73 Å². The molecular formula is C9H20N2O. The fraction of sp³-hybridized carbons (Fsp3) is 0.889. The predicted molar refractivity (Wildman–Crippen MR) is 50.8 cm³/mol. The number of nitrogens with two attached hydrogens (primary N) is 1. The number of carbonyl (C=O) groups is 1. The zero-order chi connectivity index (χ0) is 9.40. The van der Waals surface area contributed by atoms with Crippen LogP contribution in [0.25, 0.3) is 0 Å². The summed E-state index contributed by atoms with van der Waals surface area (Å²) in [7, 11) is 0. The van der Waals surface area contributed by atoms with Crippen molar-refractivity contribution in [1.82, 2.24) is 5.32 Å². The van der Waals surface area contributed by atoms with Gasteiger partial charge in [-0.25, -0.2) is 0 Å². The van der Waals surface area contributed by atoms with E-state index in [1.165, 1.54) is 19.3 Å². The number of amides is 1. The summed E-state index contributed by atoms with van der Waals surface area (Å²) < 4.78 is 0. The molecule has 1 unspecified atom stereocenters. The molecule has 1 atom stereocenters. The Bertz CT molecular complexity index is 126. The van der Waals surface area contributed by atoms with Crippen LogP contribution in [-0.2, 0) is 4.79 Å². The predicted octanol–water partition coefficient (Wildman–Crippen LogP) is 1.03. The van der Waals surface area contributed by atoms with Gasteiger partial charge in [0.15, 0.2) is 0 Å². The van der Waals surface area contributed by atoms with E-state index >= 15 is 0 Å². The maximum Gasteiger partial charge on any atom is 0.231 e. The second-order valence-corrected chi connectivity index (χ2v) is 3.24. The summed E-state index contributed by atoms with van der Waals surface area (Å²) in [4.78, 5) is 10.4. The Hall–Kier alpha value is -0.570. The van der Waals surface area contributed by atoms with E-state index in [4.69, 9.17) is 5.73 Å². The Morgan fingerprint density at radius 1 is 1.50 bits per heavy atom. The van der Waals surface area contributed by atoms with Gasteiger partial charge in [-0.2, -0.15) is 0 Å². The van der Waals surface area contributed by atoms with Crippen LogP contribution in [0.3, 0.4) is 0 Å². The highest BCUT2D eigenvalue weighted by Crippen LogP contribution is 2.01. The monoisotopic (exact) mass is 172 g/mol. The molecule has 0 aromatic carbocycles. The molecule has 0 saturated heterocycles. The van der Waals surface area contributed by atoms with E-state index in [-0.39, 0.29) is 5.91 Å². The molecule has 3 N–H and O–H groups in total. The maximum absolute atomic E-state index is 10.4. The van der Waals surface area contributed by atoms with Gasteiger partial charge in [-0.3, -0.25) is 4.79 Å². The van der Waals surface area contributed by atoms with Crippen molar-refractivity contribution in [3.05, 3.63) is 0 Å². The van der Waals surface area contributed by atoms with Crippen LogP contribution in [0.5, 0.6) is 0 Å². The minimum absolute atomic E-state index is 0.280. The zero-order valence-electron chi connectivity index (χ0n) is 8.10.